The molecule has 5 rings (SSSR count). The molecule has 2 aromatic carbocycles. The molecule has 0 radical (unpaired) electrons. The standard InChI is InChI=1S/C26H26N4O4S/c1-19-5-2-6-20(15-19)18-34-22-8-3-7-21(16-22)26(31)29-11-13-30(14-12-29)35(32,33)24-17-28-25-23(24)9-4-10-27-25/h2-10,15-17H,11-14,18H2,1H3,(H,27,28). The third-order valence-corrected chi connectivity index (χ3v) is 8.06. The van der Waals surface area contributed by atoms with E-state index in [0.29, 0.717) is 42.0 Å². The molecule has 1 fully saturated rings. The van der Waals surface area contributed by atoms with E-state index in [1.54, 1.807) is 41.4 Å². The molecule has 8 nitrogen and oxygen atoms in total. The summed E-state index contributed by atoms with van der Waals surface area (Å²) in [4.78, 5) is 22.1. The maximum Gasteiger partial charge on any atom is 0.254 e. The summed E-state index contributed by atoms with van der Waals surface area (Å²) in [6.07, 6.45) is 3.09. The van der Waals surface area contributed by atoms with Crippen molar-refractivity contribution >= 4 is 27.0 Å². The van der Waals surface area contributed by atoms with Gasteiger partial charge in [-0.15, -0.1) is 0 Å². The van der Waals surface area contributed by atoms with Crippen LogP contribution in [0, 0.1) is 6.92 Å². The number of pyridine rings is 1. The lowest BCUT2D eigenvalue weighted by Gasteiger charge is -2.34. The number of nitrogens with zero attached hydrogens (tertiary/aromatic N) is 3. The van der Waals surface area contributed by atoms with Gasteiger partial charge in [0.2, 0.25) is 10.0 Å². The zero-order valence-electron chi connectivity index (χ0n) is 19.3. The van der Waals surface area contributed by atoms with Crippen LogP contribution in [0.15, 0.2) is 78.0 Å². The van der Waals surface area contributed by atoms with Crippen molar-refractivity contribution in [3.05, 3.63) is 89.7 Å². The first-order valence-electron chi connectivity index (χ1n) is 11.4. The van der Waals surface area contributed by atoms with Crippen molar-refractivity contribution in [3.63, 3.8) is 0 Å². The van der Waals surface area contributed by atoms with E-state index in [0.717, 1.165) is 11.1 Å². The van der Waals surface area contributed by atoms with Crippen molar-refractivity contribution in [1.82, 2.24) is 19.2 Å². The molecule has 35 heavy (non-hydrogen) atoms. The number of amides is 1. The van der Waals surface area contributed by atoms with E-state index in [4.69, 9.17) is 4.74 Å². The van der Waals surface area contributed by atoms with Gasteiger partial charge in [0.15, 0.2) is 0 Å². The highest BCUT2D eigenvalue weighted by molar-refractivity contribution is 7.89. The number of piperazine rings is 1. The number of aromatic amines is 1. The van der Waals surface area contributed by atoms with E-state index in [2.05, 4.69) is 16.0 Å². The molecule has 0 unspecified atom stereocenters. The number of carbonyl (C=O) groups is 1. The SMILES string of the molecule is Cc1cccc(COc2cccc(C(=O)N3CCN(S(=O)(=O)c4c[nH]c5ncccc45)CC3)c2)c1. The minimum absolute atomic E-state index is 0.139. The first-order valence-corrected chi connectivity index (χ1v) is 12.9. The highest BCUT2D eigenvalue weighted by Crippen LogP contribution is 2.25. The van der Waals surface area contributed by atoms with E-state index in [-0.39, 0.29) is 23.9 Å². The first-order chi connectivity index (χ1) is 16.9. The Morgan fingerprint density at radius 2 is 1.83 bits per heavy atom. The molecule has 1 saturated heterocycles. The van der Waals surface area contributed by atoms with Gasteiger partial charge < -0.3 is 14.6 Å². The summed E-state index contributed by atoms with van der Waals surface area (Å²) in [6, 6.07) is 18.7. The molecule has 0 bridgehead atoms. The Morgan fingerprint density at radius 3 is 2.63 bits per heavy atom. The van der Waals surface area contributed by atoms with Crippen molar-refractivity contribution in [1.29, 1.82) is 0 Å². The fraction of sp³-hybridized carbons (Fsp3) is 0.231. The summed E-state index contributed by atoms with van der Waals surface area (Å²) in [5.41, 5.74) is 3.28. The number of sulfonamides is 1. The maximum absolute atomic E-state index is 13.2. The number of ether oxygens (including phenoxy) is 1. The number of nitrogens with one attached hydrogen (secondary N) is 1. The summed E-state index contributed by atoms with van der Waals surface area (Å²) < 4.78 is 33.8. The third-order valence-electron chi connectivity index (χ3n) is 6.13. The molecule has 0 aliphatic carbocycles. The number of hydrogen-bond donors (Lipinski definition) is 1. The molecule has 180 valence electrons. The lowest BCUT2D eigenvalue weighted by molar-refractivity contribution is 0.0697. The van der Waals surface area contributed by atoms with Crippen LogP contribution in [0.2, 0.25) is 0 Å². The Bertz CT molecular complexity index is 1470. The number of aromatic nitrogens is 2. The van der Waals surface area contributed by atoms with Crippen LogP contribution < -0.4 is 4.74 Å². The number of H-pyrrole nitrogens is 1. The average Bonchev–Trinajstić information content (AvgIpc) is 3.33. The van der Waals surface area contributed by atoms with Crippen LogP contribution in [0.4, 0.5) is 0 Å². The molecular formula is C26H26N4O4S. The molecule has 2 aromatic heterocycles. The first kappa shape index (κ1) is 23.1. The monoisotopic (exact) mass is 490 g/mol. The van der Waals surface area contributed by atoms with Gasteiger partial charge in [0, 0.05) is 49.5 Å². The summed E-state index contributed by atoms with van der Waals surface area (Å²) >= 11 is 0. The second-order valence-corrected chi connectivity index (χ2v) is 10.5. The molecule has 4 aromatic rings. The zero-order valence-corrected chi connectivity index (χ0v) is 20.2. The lowest BCUT2D eigenvalue weighted by Crippen LogP contribution is -2.50. The Balaban J connectivity index is 1.23. The van der Waals surface area contributed by atoms with Gasteiger partial charge in [0.05, 0.1) is 0 Å². The number of fused-ring (bicyclic) bond motifs is 1. The molecular weight excluding hydrogens is 464 g/mol. The molecule has 1 aliphatic heterocycles. The number of rotatable bonds is 6. The van der Waals surface area contributed by atoms with Gasteiger partial charge in [-0.2, -0.15) is 4.31 Å². The third kappa shape index (κ3) is 4.78. The van der Waals surface area contributed by atoms with Crippen molar-refractivity contribution in [2.45, 2.75) is 18.4 Å². The second-order valence-electron chi connectivity index (χ2n) is 8.55. The molecule has 9 heteroatoms. The fourth-order valence-electron chi connectivity index (χ4n) is 4.28. The largest absolute Gasteiger partial charge is 0.489 e. The number of aryl methyl sites for hydroxylation is 1. The highest BCUT2D eigenvalue weighted by Gasteiger charge is 2.32. The summed E-state index contributed by atoms with van der Waals surface area (Å²) in [7, 11) is -3.70. The molecule has 1 amide bonds. The van der Waals surface area contributed by atoms with Crippen molar-refractivity contribution < 1.29 is 17.9 Å². The van der Waals surface area contributed by atoms with E-state index in [1.165, 1.54) is 10.5 Å². The van der Waals surface area contributed by atoms with Gasteiger partial charge in [-0.3, -0.25) is 4.79 Å². The van der Waals surface area contributed by atoms with Crippen LogP contribution in [0.5, 0.6) is 5.75 Å². The quantitative estimate of drug-likeness (QED) is 0.446. The Hall–Kier alpha value is -3.69. The van der Waals surface area contributed by atoms with Crippen molar-refractivity contribution in [2.75, 3.05) is 26.2 Å². The smallest absolute Gasteiger partial charge is 0.254 e. The minimum atomic E-state index is -3.70. The summed E-state index contributed by atoms with van der Waals surface area (Å²) in [6.45, 7) is 3.53. The van der Waals surface area contributed by atoms with E-state index < -0.39 is 10.0 Å². The molecule has 0 saturated carbocycles. The predicted molar refractivity (Wildman–Crippen MR) is 133 cm³/mol. The predicted octanol–water partition coefficient (Wildman–Crippen LogP) is 3.60. The van der Waals surface area contributed by atoms with Crippen LogP contribution in [-0.4, -0.2) is 59.7 Å². The van der Waals surface area contributed by atoms with Gasteiger partial charge in [0.25, 0.3) is 5.91 Å². The Kier molecular flexibility index (Phi) is 6.27. The lowest BCUT2D eigenvalue weighted by atomic mass is 10.1. The summed E-state index contributed by atoms with van der Waals surface area (Å²) in [5, 5.41) is 0.563. The summed E-state index contributed by atoms with van der Waals surface area (Å²) in [5.74, 6) is 0.478. The van der Waals surface area contributed by atoms with Crippen LogP contribution in [0.1, 0.15) is 21.5 Å². The van der Waals surface area contributed by atoms with Crippen molar-refractivity contribution in [3.8, 4) is 5.75 Å². The second kappa shape index (κ2) is 9.52. The normalized spacial score (nSPS) is 14.8. The van der Waals surface area contributed by atoms with Gasteiger partial charge in [-0.1, -0.05) is 35.9 Å². The van der Waals surface area contributed by atoms with Crippen LogP contribution in [0.3, 0.4) is 0 Å². The number of benzene rings is 2. The average molecular weight is 491 g/mol. The van der Waals surface area contributed by atoms with E-state index >= 15 is 0 Å². The molecule has 0 spiro atoms. The van der Waals surface area contributed by atoms with E-state index in [9.17, 15) is 13.2 Å². The Morgan fingerprint density at radius 1 is 1.03 bits per heavy atom. The Labute approximate surface area is 204 Å². The highest BCUT2D eigenvalue weighted by atomic mass is 32.2. The van der Waals surface area contributed by atoms with E-state index in [1.807, 2.05) is 31.2 Å². The molecule has 1 N–H and O–H groups in total. The fourth-order valence-corrected chi connectivity index (χ4v) is 5.86. The van der Waals surface area contributed by atoms with Crippen molar-refractivity contribution in [2.24, 2.45) is 0 Å². The van der Waals surface area contributed by atoms with Gasteiger partial charge in [0.1, 0.15) is 22.9 Å². The molecule has 1 aliphatic rings. The van der Waals surface area contributed by atoms with Crippen LogP contribution >= 0.6 is 0 Å². The van der Waals surface area contributed by atoms with Gasteiger partial charge >= 0.3 is 0 Å². The minimum Gasteiger partial charge on any atom is -0.489 e. The zero-order chi connectivity index (χ0) is 24.4. The maximum atomic E-state index is 13.2. The molecule has 0 atom stereocenters. The van der Waals surface area contributed by atoms with Crippen LogP contribution in [-0.2, 0) is 16.6 Å². The number of hydrogen-bond acceptors (Lipinski definition) is 5. The van der Waals surface area contributed by atoms with Gasteiger partial charge in [-0.05, 0) is 42.8 Å². The van der Waals surface area contributed by atoms with Gasteiger partial charge in [-0.25, -0.2) is 13.4 Å². The topological polar surface area (TPSA) is 95.6 Å². The number of carbonyl (C=O) groups excluding carboxylic acids is 1. The molecule has 3 heterocycles. The van der Waals surface area contributed by atoms with Crippen LogP contribution in [0.25, 0.3) is 11.0 Å².